The Labute approximate surface area is 167 Å². The number of hydrogen-bond acceptors (Lipinski definition) is 7. The van der Waals surface area contributed by atoms with E-state index in [4.69, 9.17) is 0 Å². The highest BCUT2D eigenvalue weighted by Crippen LogP contribution is 2.25. The number of nitrogens with one attached hydrogen (secondary N) is 2. The molecule has 144 valence electrons. The predicted molar refractivity (Wildman–Crippen MR) is 112 cm³/mol. The quantitative estimate of drug-likeness (QED) is 0.621. The van der Waals surface area contributed by atoms with E-state index >= 15 is 0 Å². The molecule has 8 heteroatoms. The van der Waals surface area contributed by atoms with E-state index < -0.39 is 0 Å². The number of nitrogens with zero attached hydrogens (tertiary/aromatic N) is 4. The number of pyridine rings is 2. The van der Waals surface area contributed by atoms with Gasteiger partial charge < -0.3 is 10.6 Å². The lowest BCUT2D eigenvalue weighted by atomic mass is 10.2. The summed E-state index contributed by atoms with van der Waals surface area (Å²) < 4.78 is 1.58. The summed E-state index contributed by atoms with van der Waals surface area (Å²) in [6.07, 6.45) is 12.3. The van der Waals surface area contributed by atoms with Gasteiger partial charge in [0.2, 0.25) is 5.95 Å². The first-order chi connectivity index (χ1) is 13.7. The van der Waals surface area contributed by atoms with E-state index in [1.54, 1.807) is 34.8 Å². The minimum absolute atomic E-state index is 0.0671. The van der Waals surface area contributed by atoms with E-state index in [1.807, 2.05) is 36.8 Å². The van der Waals surface area contributed by atoms with Crippen molar-refractivity contribution >= 4 is 23.5 Å². The first-order valence-corrected chi connectivity index (χ1v) is 10.5. The topological polar surface area (TPSA) is 84.7 Å². The summed E-state index contributed by atoms with van der Waals surface area (Å²) in [6.45, 7) is 0. The Balaban J connectivity index is 1.34. The van der Waals surface area contributed by atoms with Gasteiger partial charge in [-0.3, -0.25) is 9.36 Å². The number of rotatable bonds is 6. The van der Waals surface area contributed by atoms with Gasteiger partial charge in [-0.1, -0.05) is 6.07 Å². The lowest BCUT2D eigenvalue weighted by Crippen LogP contribution is -2.22. The third-order valence-electron chi connectivity index (χ3n) is 4.83. The van der Waals surface area contributed by atoms with Crippen molar-refractivity contribution < 1.29 is 0 Å². The van der Waals surface area contributed by atoms with Crippen molar-refractivity contribution in [1.29, 1.82) is 0 Å². The largest absolute Gasteiger partial charge is 0.367 e. The molecule has 3 heterocycles. The number of thioether (sulfide) groups is 1. The van der Waals surface area contributed by atoms with Crippen LogP contribution in [0.4, 0.5) is 11.8 Å². The second-order valence-electron chi connectivity index (χ2n) is 6.75. The maximum absolute atomic E-state index is 11.9. The van der Waals surface area contributed by atoms with Crippen LogP contribution in [0, 0.1) is 0 Å². The van der Waals surface area contributed by atoms with Gasteiger partial charge >= 0.3 is 0 Å². The van der Waals surface area contributed by atoms with Crippen LogP contribution in [0.25, 0.3) is 5.69 Å². The first kappa shape index (κ1) is 18.5. The van der Waals surface area contributed by atoms with Crippen molar-refractivity contribution in [1.82, 2.24) is 19.5 Å². The Morgan fingerprint density at radius 1 is 1.00 bits per heavy atom. The maximum atomic E-state index is 11.9. The van der Waals surface area contributed by atoms with E-state index in [-0.39, 0.29) is 5.56 Å². The van der Waals surface area contributed by atoms with Gasteiger partial charge in [0.05, 0.1) is 11.9 Å². The molecule has 0 bridgehead atoms. The molecule has 0 amide bonds. The number of hydrogen-bond donors (Lipinski definition) is 2. The minimum Gasteiger partial charge on any atom is -0.367 e. The molecular weight excluding hydrogens is 372 g/mol. The Morgan fingerprint density at radius 3 is 2.46 bits per heavy atom. The number of anilines is 2. The van der Waals surface area contributed by atoms with E-state index in [0.29, 0.717) is 18.0 Å². The average molecular weight is 395 g/mol. The van der Waals surface area contributed by atoms with Crippen molar-refractivity contribution in [2.75, 3.05) is 16.9 Å². The van der Waals surface area contributed by atoms with Crippen LogP contribution >= 0.6 is 11.8 Å². The maximum Gasteiger partial charge on any atom is 0.255 e. The van der Waals surface area contributed by atoms with E-state index in [9.17, 15) is 4.79 Å². The van der Waals surface area contributed by atoms with Crippen molar-refractivity contribution in [2.45, 2.75) is 36.2 Å². The number of aromatic nitrogens is 4. The molecule has 1 saturated carbocycles. The molecule has 0 aromatic carbocycles. The van der Waals surface area contributed by atoms with Gasteiger partial charge in [-0.2, -0.15) is 0 Å². The standard InChI is InChI=1S/C20H22N6OS/c1-28-17-12-22-20(23-13-17)25-15-6-5-14(10-15)24-18-8-7-16(11-21-18)26-9-3-2-4-19(26)27/h2-4,7-9,11-15H,5-6,10H2,1H3,(H,21,24)(H,22,23,25)/t14-,15?/m0/s1. The molecule has 1 aliphatic carbocycles. The Bertz CT molecular complexity index is 973. The van der Waals surface area contributed by atoms with Crippen molar-refractivity contribution in [3.05, 3.63) is 65.5 Å². The fourth-order valence-electron chi connectivity index (χ4n) is 3.39. The SMILES string of the molecule is CSc1cnc(NC2CC[C@H](Nc3ccc(-n4ccccc4=O)cn3)C2)nc1. The fraction of sp³-hybridized carbons (Fsp3) is 0.300. The highest BCUT2D eigenvalue weighted by atomic mass is 32.2. The van der Waals surface area contributed by atoms with Crippen LogP contribution in [-0.4, -0.2) is 37.9 Å². The van der Waals surface area contributed by atoms with Gasteiger partial charge in [-0.05, 0) is 43.7 Å². The smallest absolute Gasteiger partial charge is 0.255 e. The van der Waals surface area contributed by atoms with Crippen LogP contribution in [0.15, 0.2) is 64.8 Å². The normalized spacial score (nSPS) is 18.8. The molecule has 1 unspecified atom stereocenters. The van der Waals surface area contributed by atoms with Gasteiger partial charge in [0.15, 0.2) is 0 Å². The molecule has 2 N–H and O–H groups in total. The molecule has 0 saturated heterocycles. The van der Waals surface area contributed by atoms with Gasteiger partial charge in [-0.15, -0.1) is 11.8 Å². The highest BCUT2D eigenvalue weighted by molar-refractivity contribution is 7.98. The third-order valence-corrected chi connectivity index (χ3v) is 5.51. The molecule has 1 aliphatic rings. The molecule has 2 atom stereocenters. The van der Waals surface area contributed by atoms with Gasteiger partial charge in [0, 0.05) is 41.6 Å². The summed E-state index contributed by atoms with van der Waals surface area (Å²) in [6, 6.07) is 9.62. The molecule has 0 aliphatic heterocycles. The molecule has 7 nitrogen and oxygen atoms in total. The third kappa shape index (κ3) is 4.33. The molecule has 4 rings (SSSR count). The van der Waals surface area contributed by atoms with Crippen LogP contribution in [0.5, 0.6) is 0 Å². The van der Waals surface area contributed by atoms with E-state index in [1.165, 1.54) is 6.07 Å². The molecule has 0 radical (unpaired) electrons. The van der Waals surface area contributed by atoms with E-state index in [0.717, 1.165) is 35.7 Å². The summed E-state index contributed by atoms with van der Waals surface area (Å²) in [5, 5.41) is 6.90. The fourth-order valence-corrected chi connectivity index (χ4v) is 3.70. The molecular formula is C20H22N6OS. The lowest BCUT2D eigenvalue weighted by molar-refractivity contribution is 0.716. The summed E-state index contributed by atoms with van der Waals surface area (Å²) in [7, 11) is 0. The first-order valence-electron chi connectivity index (χ1n) is 9.24. The molecule has 28 heavy (non-hydrogen) atoms. The zero-order chi connectivity index (χ0) is 19.3. The minimum atomic E-state index is -0.0671. The van der Waals surface area contributed by atoms with E-state index in [2.05, 4.69) is 25.6 Å². The lowest BCUT2D eigenvalue weighted by Gasteiger charge is -2.15. The average Bonchev–Trinajstić information content (AvgIpc) is 3.16. The van der Waals surface area contributed by atoms with Crippen LogP contribution in [-0.2, 0) is 0 Å². The molecule has 3 aromatic rings. The predicted octanol–water partition coefficient (Wildman–Crippen LogP) is 3.19. The summed E-state index contributed by atoms with van der Waals surface area (Å²) in [4.78, 5) is 26.2. The molecule has 1 fully saturated rings. The zero-order valence-corrected chi connectivity index (χ0v) is 16.4. The Hall–Kier alpha value is -2.87. The van der Waals surface area contributed by atoms with Gasteiger partial charge in [-0.25, -0.2) is 15.0 Å². The highest BCUT2D eigenvalue weighted by Gasteiger charge is 2.25. The summed E-state index contributed by atoms with van der Waals surface area (Å²) in [5.74, 6) is 1.50. The van der Waals surface area contributed by atoms with Gasteiger partial charge in [0.25, 0.3) is 5.56 Å². The zero-order valence-electron chi connectivity index (χ0n) is 15.6. The Kier molecular flexibility index (Phi) is 5.57. The van der Waals surface area contributed by atoms with Crippen molar-refractivity contribution in [3.8, 4) is 5.69 Å². The molecule has 0 spiro atoms. The second-order valence-corrected chi connectivity index (χ2v) is 7.63. The van der Waals surface area contributed by atoms with Gasteiger partial charge in [0.1, 0.15) is 5.82 Å². The molecule has 3 aromatic heterocycles. The monoisotopic (exact) mass is 394 g/mol. The van der Waals surface area contributed by atoms with Crippen molar-refractivity contribution in [2.24, 2.45) is 0 Å². The van der Waals surface area contributed by atoms with Crippen LogP contribution in [0.2, 0.25) is 0 Å². The van der Waals surface area contributed by atoms with Crippen molar-refractivity contribution in [3.63, 3.8) is 0 Å². The van der Waals surface area contributed by atoms with Crippen LogP contribution in [0.3, 0.4) is 0 Å². The Morgan fingerprint density at radius 2 is 1.79 bits per heavy atom. The van der Waals surface area contributed by atoms with Crippen LogP contribution < -0.4 is 16.2 Å². The van der Waals surface area contributed by atoms with Crippen LogP contribution in [0.1, 0.15) is 19.3 Å². The summed E-state index contributed by atoms with van der Waals surface area (Å²) in [5.41, 5.74) is 0.690. The summed E-state index contributed by atoms with van der Waals surface area (Å²) >= 11 is 1.63. The second kappa shape index (κ2) is 8.43.